The summed E-state index contributed by atoms with van der Waals surface area (Å²) in [6.45, 7) is 2.33. The normalized spacial score (nSPS) is 10.3. The molecule has 138 valence electrons. The summed E-state index contributed by atoms with van der Waals surface area (Å²) in [5, 5.41) is 2.83. The van der Waals surface area contributed by atoms with Crippen molar-refractivity contribution < 1.29 is 18.7 Å². The van der Waals surface area contributed by atoms with E-state index in [0.29, 0.717) is 37.4 Å². The van der Waals surface area contributed by atoms with E-state index in [1.54, 1.807) is 30.1 Å². The van der Waals surface area contributed by atoms with Crippen LogP contribution in [0.4, 0.5) is 10.1 Å². The average Bonchev–Trinajstić information content (AvgIpc) is 2.59. The molecule has 0 heterocycles. The van der Waals surface area contributed by atoms with Gasteiger partial charge in [-0.15, -0.1) is 0 Å². The molecule has 2 rings (SSSR count). The Morgan fingerprint density at radius 1 is 1.15 bits per heavy atom. The number of amides is 2. The molecule has 0 saturated heterocycles. The summed E-state index contributed by atoms with van der Waals surface area (Å²) in [5.41, 5.74) is 1.63. The van der Waals surface area contributed by atoms with Crippen LogP contribution in [0.1, 0.15) is 25.3 Å². The monoisotopic (exact) mass is 358 g/mol. The molecule has 1 N–H and O–H groups in total. The standard InChI is InChI=1S/C20H23FN2O3/c1-15(24)23(2)14-16-6-3-8-18(12-16)22-20(25)10-5-11-26-19-9-4-7-17(21)13-19/h3-4,6-9,12-13H,5,10-11,14H2,1-2H3,(H,22,25). The smallest absolute Gasteiger partial charge is 0.224 e. The van der Waals surface area contributed by atoms with Gasteiger partial charge in [-0.25, -0.2) is 4.39 Å². The van der Waals surface area contributed by atoms with Crippen LogP contribution in [0.15, 0.2) is 48.5 Å². The van der Waals surface area contributed by atoms with E-state index in [2.05, 4.69) is 5.32 Å². The largest absolute Gasteiger partial charge is 0.493 e. The highest BCUT2D eigenvalue weighted by Gasteiger charge is 2.06. The summed E-state index contributed by atoms with van der Waals surface area (Å²) >= 11 is 0. The first-order valence-corrected chi connectivity index (χ1v) is 8.43. The van der Waals surface area contributed by atoms with Crippen molar-refractivity contribution in [2.45, 2.75) is 26.3 Å². The summed E-state index contributed by atoms with van der Waals surface area (Å²) in [4.78, 5) is 24.9. The molecule has 26 heavy (non-hydrogen) atoms. The highest BCUT2D eigenvalue weighted by molar-refractivity contribution is 5.90. The van der Waals surface area contributed by atoms with E-state index in [9.17, 15) is 14.0 Å². The van der Waals surface area contributed by atoms with Gasteiger partial charge in [0, 0.05) is 38.7 Å². The van der Waals surface area contributed by atoms with E-state index >= 15 is 0 Å². The lowest BCUT2D eigenvalue weighted by molar-refractivity contribution is -0.128. The zero-order chi connectivity index (χ0) is 18.9. The molecule has 0 saturated carbocycles. The Morgan fingerprint density at radius 2 is 1.92 bits per heavy atom. The third-order valence-electron chi connectivity index (χ3n) is 3.78. The Hall–Kier alpha value is -2.89. The molecular formula is C20H23FN2O3. The quantitative estimate of drug-likeness (QED) is 0.734. The summed E-state index contributed by atoms with van der Waals surface area (Å²) in [6.07, 6.45) is 0.821. The third kappa shape index (κ3) is 6.55. The summed E-state index contributed by atoms with van der Waals surface area (Å²) in [5.74, 6) is -0.0362. The molecule has 6 heteroatoms. The maximum absolute atomic E-state index is 13.0. The van der Waals surface area contributed by atoms with Crippen molar-refractivity contribution in [2.24, 2.45) is 0 Å². The van der Waals surface area contributed by atoms with E-state index in [0.717, 1.165) is 5.56 Å². The van der Waals surface area contributed by atoms with Crippen molar-refractivity contribution >= 4 is 17.5 Å². The van der Waals surface area contributed by atoms with Crippen molar-refractivity contribution in [1.82, 2.24) is 4.90 Å². The van der Waals surface area contributed by atoms with Gasteiger partial charge < -0.3 is 15.0 Å². The second kappa shape index (κ2) is 9.56. The first-order valence-electron chi connectivity index (χ1n) is 8.43. The van der Waals surface area contributed by atoms with E-state index in [1.807, 2.05) is 18.2 Å². The number of rotatable bonds is 8. The van der Waals surface area contributed by atoms with Gasteiger partial charge in [-0.3, -0.25) is 9.59 Å². The molecule has 0 unspecified atom stereocenters. The van der Waals surface area contributed by atoms with Gasteiger partial charge in [-0.1, -0.05) is 18.2 Å². The topological polar surface area (TPSA) is 58.6 Å². The summed E-state index contributed by atoms with van der Waals surface area (Å²) < 4.78 is 18.5. The van der Waals surface area contributed by atoms with Crippen molar-refractivity contribution in [3.8, 4) is 5.75 Å². The molecule has 0 spiro atoms. The van der Waals surface area contributed by atoms with Crippen LogP contribution in [-0.4, -0.2) is 30.4 Å². The number of carbonyl (C=O) groups excluding carboxylic acids is 2. The fraction of sp³-hybridized carbons (Fsp3) is 0.300. The predicted octanol–water partition coefficient (Wildman–Crippen LogP) is 3.60. The summed E-state index contributed by atoms with van der Waals surface area (Å²) in [6, 6.07) is 13.3. The van der Waals surface area contributed by atoms with Crippen molar-refractivity contribution in [3.05, 3.63) is 59.9 Å². The molecular weight excluding hydrogens is 335 g/mol. The van der Waals surface area contributed by atoms with Gasteiger partial charge in [0.1, 0.15) is 11.6 Å². The maximum atomic E-state index is 13.0. The molecule has 2 aromatic carbocycles. The number of hydrogen-bond donors (Lipinski definition) is 1. The van der Waals surface area contributed by atoms with Crippen molar-refractivity contribution in [1.29, 1.82) is 0 Å². The second-order valence-electron chi connectivity index (χ2n) is 6.03. The number of carbonyl (C=O) groups is 2. The number of anilines is 1. The van der Waals surface area contributed by atoms with Crippen LogP contribution < -0.4 is 10.1 Å². The van der Waals surface area contributed by atoms with Gasteiger partial charge in [0.2, 0.25) is 11.8 Å². The lowest BCUT2D eigenvalue weighted by Crippen LogP contribution is -2.23. The summed E-state index contributed by atoms with van der Waals surface area (Å²) in [7, 11) is 1.73. The average molecular weight is 358 g/mol. The Bertz CT molecular complexity index is 764. The Labute approximate surface area is 152 Å². The predicted molar refractivity (Wildman–Crippen MR) is 98.3 cm³/mol. The van der Waals surface area contributed by atoms with Crippen molar-refractivity contribution in [3.63, 3.8) is 0 Å². The van der Waals surface area contributed by atoms with Crippen molar-refractivity contribution in [2.75, 3.05) is 19.0 Å². The molecule has 2 aromatic rings. The lowest BCUT2D eigenvalue weighted by Gasteiger charge is -2.15. The molecule has 0 aliphatic carbocycles. The van der Waals surface area contributed by atoms with Crippen LogP contribution in [0.5, 0.6) is 5.75 Å². The Morgan fingerprint density at radius 3 is 2.65 bits per heavy atom. The molecule has 0 atom stereocenters. The molecule has 5 nitrogen and oxygen atoms in total. The van der Waals surface area contributed by atoms with Crippen LogP contribution in [0.2, 0.25) is 0 Å². The van der Waals surface area contributed by atoms with Gasteiger partial charge in [-0.05, 0) is 36.2 Å². The van der Waals surface area contributed by atoms with Crippen LogP contribution in [0.25, 0.3) is 0 Å². The third-order valence-corrected chi connectivity index (χ3v) is 3.78. The molecule has 0 fully saturated rings. The maximum Gasteiger partial charge on any atom is 0.224 e. The minimum absolute atomic E-state index is 0.0160. The number of halogens is 1. The fourth-order valence-corrected chi connectivity index (χ4v) is 2.34. The first-order chi connectivity index (χ1) is 12.4. The zero-order valence-electron chi connectivity index (χ0n) is 15.0. The van der Waals surface area contributed by atoms with E-state index in [1.165, 1.54) is 19.1 Å². The number of ether oxygens (including phenoxy) is 1. The van der Waals surface area contributed by atoms with Crippen LogP contribution in [0.3, 0.4) is 0 Å². The lowest BCUT2D eigenvalue weighted by atomic mass is 10.2. The molecule has 0 aliphatic heterocycles. The van der Waals surface area contributed by atoms with E-state index in [4.69, 9.17) is 4.74 Å². The van der Waals surface area contributed by atoms with Gasteiger partial charge in [0.25, 0.3) is 0 Å². The van der Waals surface area contributed by atoms with Gasteiger partial charge in [0.05, 0.1) is 6.61 Å². The first kappa shape index (κ1) is 19.4. The van der Waals surface area contributed by atoms with Crippen LogP contribution >= 0.6 is 0 Å². The van der Waals surface area contributed by atoms with Crippen LogP contribution in [-0.2, 0) is 16.1 Å². The minimum Gasteiger partial charge on any atom is -0.493 e. The number of nitrogens with zero attached hydrogens (tertiary/aromatic N) is 1. The molecule has 2 amide bonds. The number of hydrogen-bond acceptors (Lipinski definition) is 3. The minimum atomic E-state index is -0.351. The fourth-order valence-electron chi connectivity index (χ4n) is 2.34. The van der Waals surface area contributed by atoms with E-state index in [-0.39, 0.29) is 17.6 Å². The van der Waals surface area contributed by atoms with Crippen LogP contribution in [0, 0.1) is 5.82 Å². The highest BCUT2D eigenvalue weighted by atomic mass is 19.1. The van der Waals surface area contributed by atoms with E-state index < -0.39 is 0 Å². The second-order valence-corrected chi connectivity index (χ2v) is 6.03. The van der Waals surface area contributed by atoms with Gasteiger partial charge >= 0.3 is 0 Å². The molecule has 0 aliphatic rings. The molecule has 0 radical (unpaired) electrons. The highest BCUT2D eigenvalue weighted by Crippen LogP contribution is 2.14. The Balaban J connectivity index is 1.76. The van der Waals surface area contributed by atoms with Gasteiger partial charge in [-0.2, -0.15) is 0 Å². The number of benzene rings is 2. The molecule has 0 bridgehead atoms. The molecule has 0 aromatic heterocycles. The SMILES string of the molecule is CC(=O)N(C)Cc1cccc(NC(=O)CCCOc2cccc(F)c2)c1. The Kier molecular flexibility index (Phi) is 7.14. The van der Waals surface area contributed by atoms with Gasteiger partial charge in [0.15, 0.2) is 0 Å². The number of nitrogens with one attached hydrogen (secondary N) is 1. The zero-order valence-corrected chi connectivity index (χ0v) is 15.0.